The van der Waals surface area contributed by atoms with Gasteiger partial charge in [0.1, 0.15) is 22.2 Å². The molecule has 6 heteroatoms. The molecule has 19 heavy (non-hydrogen) atoms. The Hall–Kier alpha value is -2.08. The van der Waals surface area contributed by atoms with E-state index < -0.39 is 11.6 Å². The Morgan fingerprint density at radius 2 is 1.95 bits per heavy atom. The topological polar surface area (TPSA) is 45.8 Å². The molecule has 0 saturated carbocycles. The fourth-order valence-electron chi connectivity index (χ4n) is 1.87. The number of rotatable bonds is 2. The first-order valence-electron chi connectivity index (χ1n) is 5.54. The van der Waals surface area contributed by atoms with Gasteiger partial charge in [-0.1, -0.05) is 6.07 Å². The largest absolute Gasteiger partial charge is 0.309 e. The molecule has 2 aromatic heterocycles. The molecular formula is C13H8F2N2OS. The highest BCUT2D eigenvalue weighted by atomic mass is 32.1. The third-order valence-electron chi connectivity index (χ3n) is 2.77. The molecule has 1 N–H and O–H groups in total. The number of fused-ring (bicyclic) bond motifs is 1. The molecule has 0 bridgehead atoms. The van der Waals surface area contributed by atoms with Crippen molar-refractivity contribution in [3.8, 4) is 0 Å². The summed E-state index contributed by atoms with van der Waals surface area (Å²) >= 11 is 1.28. The number of nitrogens with zero attached hydrogens (tertiary/aromatic N) is 1. The van der Waals surface area contributed by atoms with Gasteiger partial charge in [-0.05, 0) is 23.6 Å². The lowest BCUT2D eigenvalue weighted by atomic mass is 10.1. The highest BCUT2D eigenvalue weighted by molar-refractivity contribution is 7.17. The number of hydrogen-bond donors (Lipinski definition) is 1. The molecular weight excluding hydrogens is 270 g/mol. The zero-order valence-electron chi connectivity index (χ0n) is 9.61. The number of halogens is 2. The Bertz CT molecular complexity index is 790. The molecule has 3 nitrogen and oxygen atoms in total. The molecule has 0 amide bonds. The molecule has 96 valence electrons. The minimum atomic E-state index is -0.645. The highest BCUT2D eigenvalue weighted by Crippen LogP contribution is 2.17. The van der Waals surface area contributed by atoms with Crippen LogP contribution in [0.3, 0.4) is 0 Å². The predicted molar refractivity (Wildman–Crippen MR) is 69.4 cm³/mol. The van der Waals surface area contributed by atoms with E-state index in [9.17, 15) is 13.6 Å². The summed E-state index contributed by atoms with van der Waals surface area (Å²) in [6.45, 7) is 0. The van der Waals surface area contributed by atoms with Crippen molar-refractivity contribution in [1.29, 1.82) is 0 Å². The van der Waals surface area contributed by atoms with Crippen LogP contribution in [0.4, 0.5) is 8.78 Å². The van der Waals surface area contributed by atoms with E-state index >= 15 is 0 Å². The van der Waals surface area contributed by atoms with Gasteiger partial charge in [-0.25, -0.2) is 13.8 Å². The fraction of sp³-hybridized carbons (Fsp3) is 0.0769. The van der Waals surface area contributed by atoms with E-state index in [1.807, 2.05) is 0 Å². The van der Waals surface area contributed by atoms with E-state index in [-0.39, 0.29) is 23.4 Å². The third-order valence-corrected chi connectivity index (χ3v) is 3.67. The number of hydrogen-bond acceptors (Lipinski definition) is 3. The van der Waals surface area contributed by atoms with Gasteiger partial charge in [0, 0.05) is 12.0 Å². The summed E-state index contributed by atoms with van der Waals surface area (Å²) in [5.41, 5.74) is 0.160. The van der Waals surface area contributed by atoms with Gasteiger partial charge in [-0.3, -0.25) is 4.79 Å². The second-order valence-electron chi connectivity index (χ2n) is 4.02. The van der Waals surface area contributed by atoms with Gasteiger partial charge in [-0.2, -0.15) is 0 Å². The monoisotopic (exact) mass is 278 g/mol. The van der Waals surface area contributed by atoms with Gasteiger partial charge < -0.3 is 4.98 Å². The average Bonchev–Trinajstić information content (AvgIpc) is 2.83. The smallest absolute Gasteiger partial charge is 0.268 e. The van der Waals surface area contributed by atoms with Crippen molar-refractivity contribution in [2.45, 2.75) is 6.42 Å². The number of aromatic nitrogens is 2. The summed E-state index contributed by atoms with van der Waals surface area (Å²) in [6, 6.07) is 5.36. The number of H-pyrrole nitrogens is 1. The molecule has 3 aromatic rings. The van der Waals surface area contributed by atoms with Gasteiger partial charge in [0.25, 0.3) is 5.56 Å². The normalized spacial score (nSPS) is 11.1. The summed E-state index contributed by atoms with van der Waals surface area (Å²) in [5, 5.41) is 1.75. The van der Waals surface area contributed by atoms with Crippen LogP contribution in [-0.4, -0.2) is 9.97 Å². The summed E-state index contributed by atoms with van der Waals surface area (Å²) < 4.78 is 27.6. The summed E-state index contributed by atoms with van der Waals surface area (Å²) in [7, 11) is 0. The van der Waals surface area contributed by atoms with Gasteiger partial charge in [0.15, 0.2) is 0 Å². The maximum Gasteiger partial charge on any atom is 0.268 e. The number of thiophene rings is 1. The summed E-state index contributed by atoms with van der Waals surface area (Å²) in [4.78, 5) is 18.5. The molecule has 0 unspecified atom stereocenters. The summed E-state index contributed by atoms with van der Waals surface area (Å²) in [6.07, 6.45) is -0.0838. The van der Waals surface area contributed by atoms with Crippen LogP contribution >= 0.6 is 11.3 Å². The van der Waals surface area contributed by atoms with E-state index in [1.54, 1.807) is 11.4 Å². The van der Waals surface area contributed by atoms with Crippen LogP contribution in [0.15, 0.2) is 34.4 Å². The molecule has 0 saturated heterocycles. The van der Waals surface area contributed by atoms with Crippen molar-refractivity contribution < 1.29 is 8.78 Å². The van der Waals surface area contributed by atoms with Crippen molar-refractivity contribution in [3.63, 3.8) is 0 Å². The van der Waals surface area contributed by atoms with E-state index in [2.05, 4.69) is 9.97 Å². The fourth-order valence-corrected chi connectivity index (χ4v) is 2.60. The van der Waals surface area contributed by atoms with Crippen LogP contribution in [0.25, 0.3) is 10.2 Å². The van der Waals surface area contributed by atoms with Gasteiger partial charge in [0.2, 0.25) is 0 Å². The van der Waals surface area contributed by atoms with E-state index in [0.29, 0.717) is 10.2 Å². The molecule has 1 aromatic carbocycles. The SMILES string of the molecule is O=c1[nH]c(Cc2c(F)cccc2F)nc2ccsc12. The van der Waals surface area contributed by atoms with Gasteiger partial charge in [-0.15, -0.1) is 11.3 Å². The molecule has 0 atom stereocenters. The lowest BCUT2D eigenvalue weighted by molar-refractivity contribution is 0.559. The highest BCUT2D eigenvalue weighted by Gasteiger charge is 2.12. The second-order valence-corrected chi connectivity index (χ2v) is 4.94. The maximum absolute atomic E-state index is 13.5. The lowest BCUT2D eigenvalue weighted by Crippen LogP contribution is -2.11. The summed E-state index contributed by atoms with van der Waals surface area (Å²) in [5.74, 6) is -1.04. The quantitative estimate of drug-likeness (QED) is 0.783. The van der Waals surface area contributed by atoms with Crippen molar-refractivity contribution in [1.82, 2.24) is 9.97 Å². The van der Waals surface area contributed by atoms with Crippen molar-refractivity contribution in [2.24, 2.45) is 0 Å². The number of nitrogens with one attached hydrogen (secondary N) is 1. The molecule has 0 fully saturated rings. The van der Waals surface area contributed by atoms with E-state index in [0.717, 1.165) is 0 Å². The lowest BCUT2D eigenvalue weighted by Gasteiger charge is -2.04. The van der Waals surface area contributed by atoms with Crippen LogP contribution < -0.4 is 5.56 Å². The molecule has 0 aliphatic heterocycles. The number of benzene rings is 1. The predicted octanol–water partition coefficient (Wildman–Crippen LogP) is 2.85. The van der Waals surface area contributed by atoms with Crippen LogP contribution in [0.2, 0.25) is 0 Å². The van der Waals surface area contributed by atoms with Gasteiger partial charge in [0.05, 0.1) is 5.52 Å². The molecule has 0 spiro atoms. The van der Waals surface area contributed by atoms with Crippen molar-refractivity contribution in [3.05, 3.63) is 63.0 Å². The minimum Gasteiger partial charge on any atom is -0.309 e. The first-order valence-corrected chi connectivity index (χ1v) is 6.42. The Labute approximate surface area is 110 Å². The minimum absolute atomic E-state index is 0.0838. The van der Waals surface area contributed by atoms with Crippen LogP contribution in [0.1, 0.15) is 11.4 Å². The molecule has 3 rings (SSSR count). The zero-order valence-corrected chi connectivity index (χ0v) is 10.4. The van der Waals surface area contributed by atoms with Crippen molar-refractivity contribution >= 4 is 21.6 Å². The molecule has 0 aliphatic carbocycles. The van der Waals surface area contributed by atoms with E-state index in [1.165, 1.54) is 29.5 Å². The molecule has 2 heterocycles. The Balaban J connectivity index is 2.08. The average molecular weight is 278 g/mol. The maximum atomic E-state index is 13.5. The third kappa shape index (κ3) is 2.15. The Kier molecular flexibility index (Phi) is 2.87. The van der Waals surface area contributed by atoms with Crippen LogP contribution in [0.5, 0.6) is 0 Å². The Morgan fingerprint density at radius 3 is 2.68 bits per heavy atom. The second kappa shape index (κ2) is 4.55. The van der Waals surface area contributed by atoms with E-state index in [4.69, 9.17) is 0 Å². The zero-order chi connectivity index (χ0) is 13.4. The van der Waals surface area contributed by atoms with Gasteiger partial charge >= 0.3 is 0 Å². The number of aromatic amines is 1. The van der Waals surface area contributed by atoms with Crippen LogP contribution in [-0.2, 0) is 6.42 Å². The molecule has 0 aliphatic rings. The standard InChI is InChI=1S/C13H8F2N2OS/c14-8-2-1-3-9(15)7(8)6-11-16-10-4-5-19-12(10)13(18)17-11/h1-5H,6H2,(H,16,17,18). The first-order chi connectivity index (χ1) is 9.15. The Morgan fingerprint density at radius 1 is 1.21 bits per heavy atom. The first kappa shape index (κ1) is 12.0. The van der Waals surface area contributed by atoms with Crippen LogP contribution in [0, 0.1) is 11.6 Å². The molecule has 0 radical (unpaired) electrons. The van der Waals surface area contributed by atoms with Crippen molar-refractivity contribution in [2.75, 3.05) is 0 Å².